The van der Waals surface area contributed by atoms with Gasteiger partial charge in [-0.3, -0.25) is 18.8 Å². The van der Waals surface area contributed by atoms with Crippen LogP contribution in [-0.4, -0.2) is 60.4 Å². The fourth-order valence-electron chi connectivity index (χ4n) is 3.46. The topological polar surface area (TPSA) is 71.7 Å². The van der Waals surface area contributed by atoms with Crippen LogP contribution in [0, 0.1) is 0 Å². The largest absolute Gasteiger partial charge is 0.497 e. The van der Waals surface area contributed by atoms with Crippen LogP contribution in [0.15, 0.2) is 39.9 Å². The van der Waals surface area contributed by atoms with E-state index in [4.69, 9.17) is 4.74 Å². The highest BCUT2D eigenvalue weighted by molar-refractivity contribution is 5.51. The van der Waals surface area contributed by atoms with Gasteiger partial charge >= 0.3 is 5.69 Å². The Kier molecular flexibility index (Phi) is 6.41. The molecule has 0 unspecified atom stereocenters. The molecule has 0 spiro atoms. The fourth-order valence-corrected chi connectivity index (χ4v) is 3.46. The van der Waals surface area contributed by atoms with Gasteiger partial charge in [0.25, 0.3) is 5.56 Å². The maximum absolute atomic E-state index is 11.9. The van der Waals surface area contributed by atoms with Crippen LogP contribution in [0.25, 0.3) is 0 Å². The first-order valence-electron chi connectivity index (χ1n) is 9.62. The normalized spacial score (nSPS) is 14.9. The average Bonchev–Trinajstić information content (AvgIpc) is 2.73. The molecule has 0 bridgehead atoms. The predicted octanol–water partition coefficient (Wildman–Crippen LogP) is 0.717. The number of aromatic nitrogens is 2. The molecule has 1 aliphatic rings. The fraction of sp³-hybridized carbons (Fsp3) is 0.500. The van der Waals surface area contributed by atoms with Crippen molar-refractivity contribution in [2.75, 3.05) is 56.6 Å². The maximum Gasteiger partial charge on any atom is 0.332 e. The summed E-state index contributed by atoms with van der Waals surface area (Å²) >= 11 is 0. The number of hydrogen-bond acceptors (Lipinski definition) is 6. The lowest BCUT2D eigenvalue weighted by Gasteiger charge is -2.36. The minimum Gasteiger partial charge on any atom is -0.497 e. The molecule has 0 atom stereocenters. The second kappa shape index (κ2) is 8.97. The Labute approximate surface area is 164 Å². The molecule has 2 heterocycles. The number of hydrogen-bond donors (Lipinski definition) is 1. The van der Waals surface area contributed by atoms with Crippen LogP contribution >= 0.6 is 0 Å². The summed E-state index contributed by atoms with van der Waals surface area (Å²) in [5.41, 5.74) is 0.593. The van der Waals surface area contributed by atoms with Crippen LogP contribution in [0.2, 0.25) is 0 Å². The van der Waals surface area contributed by atoms with E-state index in [9.17, 15) is 9.59 Å². The third kappa shape index (κ3) is 4.56. The van der Waals surface area contributed by atoms with Crippen molar-refractivity contribution in [2.45, 2.75) is 6.42 Å². The van der Waals surface area contributed by atoms with E-state index in [1.807, 2.05) is 12.1 Å². The molecule has 1 saturated heterocycles. The van der Waals surface area contributed by atoms with Gasteiger partial charge in [0.05, 0.1) is 7.11 Å². The molecule has 152 valence electrons. The Morgan fingerprint density at radius 2 is 1.79 bits per heavy atom. The Balaban J connectivity index is 1.44. The summed E-state index contributed by atoms with van der Waals surface area (Å²) < 4.78 is 7.88. The van der Waals surface area contributed by atoms with Gasteiger partial charge in [-0.25, -0.2) is 4.79 Å². The lowest BCUT2D eigenvalue weighted by Crippen LogP contribution is -2.46. The number of piperazine rings is 1. The molecule has 1 aromatic carbocycles. The van der Waals surface area contributed by atoms with Gasteiger partial charge in [-0.1, -0.05) is 6.07 Å². The van der Waals surface area contributed by atoms with E-state index >= 15 is 0 Å². The summed E-state index contributed by atoms with van der Waals surface area (Å²) in [6.45, 7) is 5.71. The van der Waals surface area contributed by atoms with Gasteiger partial charge in [0.2, 0.25) is 0 Å². The van der Waals surface area contributed by atoms with E-state index in [0.717, 1.165) is 56.0 Å². The van der Waals surface area contributed by atoms with E-state index in [-0.39, 0.29) is 11.2 Å². The maximum atomic E-state index is 11.9. The number of ether oxygens (including phenoxy) is 1. The molecule has 1 aromatic heterocycles. The lowest BCUT2D eigenvalue weighted by atomic mass is 10.2. The second-order valence-corrected chi connectivity index (χ2v) is 7.08. The summed E-state index contributed by atoms with van der Waals surface area (Å²) in [4.78, 5) is 28.5. The van der Waals surface area contributed by atoms with Crippen molar-refractivity contribution < 1.29 is 4.74 Å². The molecule has 2 aromatic rings. The van der Waals surface area contributed by atoms with E-state index in [1.165, 1.54) is 23.4 Å². The van der Waals surface area contributed by atoms with Crippen molar-refractivity contribution in [3.05, 3.63) is 51.2 Å². The summed E-state index contributed by atoms with van der Waals surface area (Å²) in [5.74, 6) is 1.45. The standard InChI is InChI=1S/C20H29N5O3/c1-22-18(15-19(26)23(2)20(22)27)21-8-5-9-24-10-12-25(13-11-24)16-6-4-7-17(14-16)28-3/h4,6-7,14-15,21H,5,8-13H2,1-3H3. The van der Waals surface area contributed by atoms with Crippen LogP contribution in [0.3, 0.4) is 0 Å². The smallest absolute Gasteiger partial charge is 0.332 e. The zero-order chi connectivity index (χ0) is 20.1. The van der Waals surface area contributed by atoms with Crippen molar-refractivity contribution in [2.24, 2.45) is 14.1 Å². The first kappa shape index (κ1) is 20.0. The molecular formula is C20H29N5O3. The van der Waals surface area contributed by atoms with Crippen molar-refractivity contribution in [1.29, 1.82) is 0 Å². The summed E-state index contributed by atoms with van der Waals surface area (Å²) in [7, 11) is 4.85. The molecule has 3 rings (SSSR count). The lowest BCUT2D eigenvalue weighted by molar-refractivity contribution is 0.257. The summed E-state index contributed by atoms with van der Waals surface area (Å²) in [6.07, 6.45) is 0.947. The van der Waals surface area contributed by atoms with Gasteiger partial charge in [0.1, 0.15) is 11.6 Å². The van der Waals surface area contributed by atoms with E-state index < -0.39 is 0 Å². The van der Waals surface area contributed by atoms with Crippen LogP contribution in [0.4, 0.5) is 11.5 Å². The molecule has 1 fully saturated rings. The number of rotatable bonds is 7. The molecule has 8 nitrogen and oxygen atoms in total. The molecule has 8 heteroatoms. The average molecular weight is 387 g/mol. The highest BCUT2D eigenvalue weighted by Gasteiger charge is 2.17. The van der Waals surface area contributed by atoms with Gasteiger partial charge in [-0.15, -0.1) is 0 Å². The van der Waals surface area contributed by atoms with Crippen LogP contribution < -0.4 is 26.2 Å². The first-order valence-corrected chi connectivity index (χ1v) is 9.62. The van der Waals surface area contributed by atoms with Crippen molar-refractivity contribution in [1.82, 2.24) is 14.0 Å². The molecule has 0 amide bonds. The Morgan fingerprint density at radius 3 is 2.50 bits per heavy atom. The Morgan fingerprint density at radius 1 is 1.04 bits per heavy atom. The number of methoxy groups -OCH3 is 1. The first-order chi connectivity index (χ1) is 13.5. The molecule has 0 aliphatic carbocycles. The van der Waals surface area contributed by atoms with Crippen LogP contribution in [0.1, 0.15) is 6.42 Å². The molecular weight excluding hydrogens is 358 g/mol. The zero-order valence-corrected chi connectivity index (χ0v) is 16.9. The van der Waals surface area contributed by atoms with E-state index in [0.29, 0.717) is 5.82 Å². The summed E-state index contributed by atoms with van der Waals surface area (Å²) in [6, 6.07) is 9.65. The minimum atomic E-state index is -0.316. The number of nitrogens with zero attached hydrogens (tertiary/aromatic N) is 4. The van der Waals surface area contributed by atoms with Gasteiger partial charge < -0.3 is 15.0 Å². The van der Waals surface area contributed by atoms with E-state index in [2.05, 4.69) is 27.2 Å². The quantitative estimate of drug-likeness (QED) is 0.706. The van der Waals surface area contributed by atoms with Crippen molar-refractivity contribution >= 4 is 11.5 Å². The minimum absolute atomic E-state index is 0.292. The Bertz CT molecular complexity index is 913. The van der Waals surface area contributed by atoms with Crippen molar-refractivity contribution in [3.63, 3.8) is 0 Å². The van der Waals surface area contributed by atoms with Crippen LogP contribution in [-0.2, 0) is 14.1 Å². The molecule has 28 heavy (non-hydrogen) atoms. The van der Waals surface area contributed by atoms with Gasteiger partial charge in [0.15, 0.2) is 0 Å². The third-order valence-corrected chi connectivity index (χ3v) is 5.27. The van der Waals surface area contributed by atoms with Gasteiger partial charge in [-0.05, 0) is 25.1 Å². The van der Waals surface area contributed by atoms with Gasteiger partial charge in [0, 0.05) is 64.6 Å². The highest BCUT2D eigenvalue weighted by atomic mass is 16.5. The SMILES string of the molecule is COc1cccc(N2CCN(CCCNc3cc(=O)n(C)c(=O)n3C)CC2)c1. The predicted molar refractivity (Wildman–Crippen MR) is 112 cm³/mol. The third-order valence-electron chi connectivity index (χ3n) is 5.27. The monoisotopic (exact) mass is 387 g/mol. The van der Waals surface area contributed by atoms with Gasteiger partial charge in [-0.2, -0.15) is 0 Å². The molecule has 0 radical (unpaired) electrons. The highest BCUT2D eigenvalue weighted by Crippen LogP contribution is 2.22. The number of benzene rings is 1. The number of nitrogens with one attached hydrogen (secondary N) is 1. The second-order valence-electron chi connectivity index (χ2n) is 7.08. The molecule has 1 aliphatic heterocycles. The number of anilines is 2. The van der Waals surface area contributed by atoms with E-state index in [1.54, 1.807) is 14.2 Å². The summed E-state index contributed by atoms with van der Waals surface area (Å²) in [5, 5.41) is 3.21. The zero-order valence-electron chi connectivity index (χ0n) is 16.9. The molecule has 1 N–H and O–H groups in total. The van der Waals surface area contributed by atoms with Crippen molar-refractivity contribution in [3.8, 4) is 5.75 Å². The van der Waals surface area contributed by atoms with Crippen LogP contribution in [0.5, 0.6) is 5.75 Å². The Hall–Kier alpha value is -2.74. The molecule has 0 saturated carbocycles.